The number of esters is 1. The van der Waals surface area contributed by atoms with Crippen molar-refractivity contribution in [2.75, 3.05) is 13.1 Å². The van der Waals surface area contributed by atoms with Gasteiger partial charge >= 0.3 is 12.1 Å². The highest BCUT2D eigenvalue weighted by atomic mass is 19.3. The van der Waals surface area contributed by atoms with Crippen LogP contribution in [0.3, 0.4) is 0 Å². The molecule has 1 aromatic rings. The fraction of sp³-hybridized carbons (Fsp3) is 0.500. The second kappa shape index (κ2) is 8.05. The maximum Gasteiger partial charge on any atom is 0.408 e. The molecule has 1 aliphatic heterocycles. The number of benzene rings is 1. The number of rotatable bonds is 5. The van der Waals surface area contributed by atoms with Gasteiger partial charge in [-0.1, -0.05) is 30.3 Å². The number of hydrogen-bond acceptors (Lipinski definition) is 5. The molecule has 1 saturated heterocycles. The number of piperidine rings is 1. The maximum atomic E-state index is 13.6. The van der Waals surface area contributed by atoms with E-state index in [9.17, 15) is 18.4 Å². The van der Waals surface area contributed by atoms with Crippen molar-refractivity contribution >= 4 is 12.1 Å². The predicted molar refractivity (Wildman–Crippen MR) is 81.5 cm³/mol. The summed E-state index contributed by atoms with van der Waals surface area (Å²) in [6.45, 7) is 1.20. The zero-order valence-electron chi connectivity index (χ0n) is 13.3. The zero-order valence-corrected chi connectivity index (χ0v) is 13.3. The molecule has 0 aliphatic carbocycles. The van der Waals surface area contributed by atoms with Crippen LogP contribution in [0.4, 0.5) is 13.6 Å². The summed E-state index contributed by atoms with van der Waals surface area (Å²) in [6.07, 6.45) is -2.29. The topological polar surface area (TPSA) is 76.7 Å². The molecule has 2 rings (SSSR count). The lowest BCUT2D eigenvalue weighted by Gasteiger charge is -2.31. The molecule has 0 spiro atoms. The molecular formula is C16H20F2N2O4. The van der Waals surface area contributed by atoms with E-state index in [1.165, 1.54) is 6.92 Å². The van der Waals surface area contributed by atoms with E-state index in [4.69, 9.17) is 9.47 Å². The van der Waals surface area contributed by atoms with E-state index in [-0.39, 0.29) is 13.0 Å². The number of alkyl carbamates (subject to hydrolysis) is 1. The SMILES string of the molecule is CC(NC(=O)OCc1ccccc1)C(=O)OC1CCNCC1(F)F. The molecule has 0 aromatic heterocycles. The monoisotopic (exact) mass is 342 g/mol. The minimum absolute atomic E-state index is 0.0178. The molecule has 1 fully saturated rings. The van der Waals surface area contributed by atoms with Crippen molar-refractivity contribution in [3.05, 3.63) is 35.9 Å². The van der Waals surface area contributed by atoms with Crippen molar-refractivity contribution in [3.63, 3.8) is 0 Å². The van der Waals surface area contributed by atoms with E-state index in [2.05, 4.69) is 10.6 Å². The van der Waals surface area contributed by atoms with Crippen LogP contribution in [0.1, 0.15) is 18.9 Å². The molecule has 0 bridgehead atoms. The lowest BCUT2D eigenvalue weighted by Crippen LogP contribution is -2.53. The smallest absolute Gasteiger partial charge is 0.408 e. The molecule has 2 N–H and O–H groups in total. The zero-order chi connectivity index (χ0) is 17.6. The summed E-state index contributed by atoms with van der Waals surface area (Å²) < 4.78 is 37.0. The highest BCUT2D eigenvalue weighted by Gasteiger charge is 2.44. The first-order valence-corrected chi connectivity index (χ1v) is 7.65. The first-order chi connectivity index (χ1) is 11.4. The highest BCUT2D eigenvalue weighted by Crippen LogP contribution is 2.26. The third kappa shape index (κ3) is 5.16. The first-order valence-electron chi connectivity index (χ1n) is 7.65. The van der Waals surface area contributed by atoms with Crippen LogP contribution in [0.15, 0.2) is 30.3 Å². The summed E-state index contributed by atoms with van der Waals surface area (Å²) in [5.74, 6) is -4.04. The standard InChI is InChI=1S/C16H20F2N2O4/c1-11(14(21)24-13-7-8-19-10-16(13,17)18)20-15(22)23-9-12-5-3-2-4-6-12/h2-6,11,13,19H,7-10H2,1H3,(H,20,22). The number of carbonyl (C=O) groups excluding carboxylic acids is 2. The summed E-state index contributed by atoms with van der Waals surface area (Å²) >= 11 is 0. The van der Waals surface area contributed by atoms with Crippen LogP contribution in [0, 0.1) is 0 Å². The van der Waals surface area contributed by atoms with Crippen molar-refractivity contribution in [1.29, 1.82) is 0 Å². The Morgan fingerprint density at radius 2 is 2.08 bits per heavy atom. The molecule has 2 unspecified atom stereocenters. The van der Waals surface area contributed by atoms with Crippen molar-refractivity contribution in [2.45, 2.75) is 38.0 Å². The lowest BCUT2D eigenvalue weighted by molar-refractivity contribution is -0.179. The van der Waals surface area contributed by atoms with Gasteiger partial charge < -0.3 is 20.1 Å². The van der Waals surface area contributed by atoms with Gasteiger partial charge in [-0.25, -0.2) is 18.4 Å². The van der Waals surface area contributed by atoms with Gasteiger partial charge in [-0.2, -0.15) is 0 Å². The average Bonchev–Trinajstić information content (AvgIpc) is 2.55. The molecule has 1 aromatic carbocycles. The molecule has 8 heteroatoms. The predicted octanol–water partition coefficient (Wildman–Crippen LogP) is 1.84. The summed E-state index contributed by atoms with van der Waals surface area (Å²) in [5, 5.41) is 4.81. The normalized spacial score (nSPS) is 20.7. The Balaban J connectivity index is 1.77. The second-order valence-corrected chi connectivity index (χ2v) is 5.58. The molecule has 24 heavy (non-hydrogen) atoms. The van der Waals surface area contributed by atoms with Crippen LogP contribution in [0.25, 0.3) is 0 Å². The molecule has 1 amide bonds. The third-order valence-corrected chi connectivity index (χ3v) is 3.57. The second-order valence-electron chi connectivity index (χ2n) is 5.58. The molecule has 0 radical (unpaired) electrons. The van der Waals surface area contributed by atoms with Gasteiger partial charge in [-0.05, 0) is 19.0 Å². The fourth-order valence-electron chi connectivity index (χ4n) is 2.20. The summed E-state index contributed by atoms with van der Waals surface area (Å²) in [5.41, 5.74) is 0.789. The number of hydrogen-bond donors (Lipinski definition) is 2. The number of amides is 1. The first kappa shape index (κ1) is 18.1. The number of carbonyl (C=O) groups is 2. The van der Waals surface area contributed by atoms with Gasteiger partial charge in [0.05, 0.1) is 6.54 Å². The van der Waals surface area contributed by atoms with Crippen LogP contribution in [-0.2, 0) is 20.9 Å². The Kier molecular flexibility index (Phi) is 6.08. The van der Waals surface area contributed by atoms with Gasteiger partial charge in [-0.15, -0.1) is 0 Å². The molecular weight excluding hydrogens is 322 g/mol. The van der Waals surface area contributed by atoms with Gasteiger partial charge in [0.15, 0.2) is 6.10 Å². The van der Waals surface area contributed by atoms with E-state index >= 15 is 0 Å². The Hall–Kier alpha value is -2.22. The number of ether oxygens (including phenoxy) is 2. The maximum absolute atomic E-state index is 13.6. The van der Waals surface area contributed by atoms with Gasteiger partial charge in [-0.3, -0.25) is 0 Å². The van der Waals surface area contributed by atoms with E-state index in [1.807, 2.05) is 6.07 Å². The van der Waals surface area contributed by atoms with Gasteiger partial charge in [0.1, 0.15) is 12.6 Å². The summed E-state index contributed by atoms with van der Waals surface area (Å²) in [7, 11) is 0. The molecule has 132 valence electrons. The molecule has 6 nitrogen and oxygen atoms in total. The quantitative estimate of drug-likeness (QED) is 0.799. The Labute approximate surface area is 138 Å². The molecule has 1 heterocycles. The van der Waals surface area contributed by atoms with Crippen LogP contribution in [0.2, 0.25) is 0 Å². The third-order valence-electron chi connectivity index (χ3n) is 3.57. The molecule has 0 saturated carbocycles. The number of nitrogens with one attached hydrogen (secondary N) is 2. The summed E-state index contributed by atoms with van der Waals surface area (Å²) in [6, 6.07) is 7.91. The van der Waals surface area contributed by atoms with Gasteiger partial charge in [0.25, 0.3) is 5.92 Å². The van der Waals surface area contributed by atoms with Gasteiger partial charge in [0.2, 0.25) is 0 Å². The highest BCUT2D eigenvalue weighted by molar-refractivity contribution is 5.81. The van der Waals surface area contributed by atoms with Crippen molar-refractivity contribution in [3.8, 4) is 0 Å². The van der Waals surface area contributed by atoms with Crippen LogP contribution in [0.5, 0.6) is 0 Å². The van der Waals surface area contributed by atoms with Crippen LogP contribution in [-0.4, -0.2) is 43.2 Å². The lowest BCUT2D eigenvalue weighted by atomic mass is 10.1. The van der Waals surface area contributed by atoms with E-state index < -0.39 is 36.7 Å². The van der Waals surface area contributed by atoms with Crippen LogP contribution < -0.4 is 10.6 Å². The largest absolute Gasteiger partial charge is 0.454 e. The minimum Gasteiger partial charge on any atom is -0.454 e. The van der Waals surface area contributed by atoms with E-state index in [0.29, 0.717) is 6.54 Å². The fourth-order valence-corrected chi connectivity index (χ4v) is 2.20. The Bertz CT molecular complexity index is 568. The molecule has 2 atom stereocenters. The number of alkyl halides is 2. The van der Waals surface area contributed by atoms with Crippen LogP contribution >= 0.6 is 0 Å². The average molecular weight is 342 g/mol. The van der Waals surface area contributed by atoms with Crippen molar-refractivity contribution in [2.24, 2.45) is 0 Å². The minimum atomic E-state index is -3.12. The number of halogens is 2. The summed E-state index contributed by atoms with van der Waals surface area (Å²) in [4.78, 5) is 23.5. The molecule has 1 aliphatic rings. The van der Waals surface area contributed by atoms with E-state index in [0.717, 1.165) is 5.56 Å². The Morgan fingerprint density at radius 3 is 2.75 bits per heavy atom. The Morgan fingerprint density at radius 1 is 1.38 bits per heavy atom. The van der Waals surface area contributed by atoms with Gasteiger partial charge in [0, 0.05) is 6.42 Å². The van der Waals surface area contributed by atoms with E-state index in [1.54, 1.807) is 24.3 Å². The van der Waals surface area contributed by atoms with Crippen molar-refractivity contribution in [1.82, 2.24) is 10.6 Å². The van der Waals surface area contributed by atoms with Crippen molar-refractivity contribution < 1.29 is 27.8 Å².